The van der Waals surface area contributed by atoms with Crippen molar-refractivity contribution >= 4 is 0 Å². The van der Waals surface area contributed by atoms with Gasteiger partial charge in [-0.2, -0.15) is 26.2 Å². The van der Waals surface area contributed by atoms with E-state index in [9.17, 15) is 0 Å². The van der Waals surface area contributed by atoms with Crippen LogP contribution in [0.2, 0.25) is 0 Å². The van der Waals surface area contributed by atoms with E-state index in [0.717, 1.165) is 58.8 Å². The molecule has 4 nitrogen and oxygen atoms in total. The predicted molar refractivity (Wildman–Crippen MR) is 61.4 cm³/mol. The fraction of sp³-hybridized carbons (Fsp3) is 1.00. The van der Waals surface area contributed by atoms with Gasteiger partial charge in [-0.05, 0) is 20.1 Å². The van der Waals surface area contributed by atoms with Gasteiger partial charge < -0.3 is 20.9 Å². The first-order chi connectivity index (χ1) is 6.89. The van der Waals surface area contributed by atoms with Crippen molar-refractivity contribution in [1.29, 1.82) is 0 Å². The van der Waals surface area contributed by atoms with Crippen molar-refractivity contribution in [2.45, 2.75) is 6.42 Å². The van der Waals surface area contributed by atoms with E-state index >= 15 is 0 Å². The third kappa shape index (κ3) is 9.30. The Labute approximate surface area is 104 Å². The maximum Gasteiger partial charge on any atom is 0 e. The van der Waals surface area contributed by atoms with Gasteiger partial charge in [-0.15, -0.1) is 13.1 Å². The molecular weight excluding hydrogens is 240 g/mol. The summed E-state index contributed by atoms with van der Waals surface area (Å²) in [5.74, 6) is 0. The van der Waals surface area contributed by atoms with Crippen molar-refractivity contribution in [2.24, 2.45) is 0 Å². The summed E-state index contributed by atoms with van der Waals surface area (Å²) in [5, 5.41) is 13.2. The normalized spacial score (nSPS) is 23.0. The van der Waals surface area contributed by atoms with E-state index < -0.39 is 0 Å². The summed E-state index contributed by atoms with van der Waals surface area (Å²) in [6.45, 7) is 7.67. The topological polar surface area (TPSA) is 45.5 Å². The van der Waals surface area contributed by atoms with E-state index in [1.54, 1.807) is 0 Å². The van der Waals surface area contributed by atoms with Crippen LogP contribution in [0.15, 0.2) is 0 Å². The van der Waals surface area contributed by atoms with Crippen LogP contribution in [0, 0.1) is 0 Å². The molecule has 0 aliphatic carbocycles. The standard InChI is InChI=1S/C10H21N4.Cu/c1-14-9-2-3-11-4-5-12-6-7-13-8-10-14;/h2-10H2,1H3;/q-3;/i;1+0. The SMILES string of the molecule is CN1CCC[N-]CC[N-]CC[N-]CC1.[64Cu]. The maximum atomic E-state index is 4.42. The summed E-state index contributed by atoms with van der Waals surface area (Å²) < 4.78 is 0. The Balaban J connectivity index is 0.00000196. The minimum Gasteiger partial charge on any atom is -0.665 e. The Kier molecular flexibility index (Phi) is 11.1. The minimum atomic E-state index is 0. The largest absolute Gasteiger partial charge is 0.665 e. The first-order valence-electron chi connectivity index (χ1n) is 5.48. The molecule has 1 radical (unpaired) electrons. The van der Waals surface area contributed by atoms with Crippen LogP contribution < -0.4 is 0 Å². The molecule has 1 saturated heterocycles. The maximum absolute atomic E-state index is 4.42. The zero-order valence-electron chi connectivity index (χ0n) is 9.45. The molecule has 1 rings (SSSR count). The molecule has 5 heteroatoms. The Bertz CT molecular complexity index is 121. The van der Waals surface area contributed by atoms with E-state index in [2.05, 4.69) is 27.9 Å². The molecule has 0 spiro atoms. The van der Waals surface area contributed by atoms with Gasteiger partial charge in [-0.3, -0.25) is 0 Å². The van der Waals surface area contributed by atoms with Gasteiger partial charge in [0.1, 0.15) is 0 Å². The van der Waals surface area contributed by atoms with E-state index in [-0.39, 0.29) is 17.1 Å². The van der Waals surface area contributed by atoms with Crippen LogP contribution in [0.4, 0.5) is 0 Å². The second-order valence-electron chi connectivity index (χ2n) is 3.67. The fourth-order valence-electron chi connectivity index (χ4n) is 1.42. The summed E-state index contributed by atoms with van der Waals surface area (Å²) in [6.07, 6.45) is 1.16. The van der Waals surface area contributed by atoms with Gasteiger partial charge in [0, 0.05) is 17.1 Å². The van der Waals surface area contributed by atoms with Crippen LogP contribution in [-0.2, 0) is 17.1 Å². The van der Waals surface area contributed by atoms with E-state index in [4.69, 9.17) is 0 Å². The van der Waals surface area contributed by atoms with Gasteiger partial charge in [0.15, 0.2) is 0 Å². The van der Waals surface area contributed by atoms with Crippen molar-refractivity contribution in [3.63, 3.8) is 0 Å². The van der Waals surface area contributed by atoms with Crippen LogP contribution >= 0.6 is 0 Å². The summed E-state index contributed by atoms with van der Waals surface area (Å²) in [4.78, 5) is 2.33. The smallest absolute Gasteiger partial charge is 0 e. The average Bonchev–Trinajstić information content (AvgIpc) is 2.20. The van der Waals surface area contributed by atoms with Gasteiger partial charge in [-0.1, -0.05) is 6.42 Å². The molecule has 0 atom stereocenters. The number of likely N-dealkylation sites (N-methyl/N-ethyl adjacent to an activating group) is 1. The van der Waals surface area contributed by atoms with Gasteiger partial charge in [0.2, 0.25) is 0 Å². The first kappa shape index (κ1) is 15.4. The average molecular weight is 261 g/mol. The summed E-state index contributed by atoms with van der Waals surface area (Å²) in [7, 11) is 2.15. The van der Waals surface area contributed by atoms with Crippen molar-refractivity contribution in [3.8, 4) is 0 Å². The Morgan fingerprint density at radius 3 is 1.93 bits per heavy atom. The first-order valence-corrected chi connectivity index (χ1v) is 5.48. The molecule has 0 N–H and O–H groups in total. The second kappa shape index (κ2) is 10.9. The number of hydrogen-bond donors (Lipinski definition) is 0. The monoisotopic (exact) mass is 261 g/mol. The number of rotatable bonds is 0. The van der Waals surface area contributed by atoms with Gasteiger partial charge in [0.25, 0.3) is 0 Å². The van der Waals surface area contributed by atoms with Crippen molar-refractivity contribution in [2.75, 3.05) is 59.4 Å². The third-order valence-electron chi connectivity index (χ3n) is 2.33. The molecule has 0 aromatic heterocycles. The van der Waals surface area contributed by atoms with Crippen LogP contribution in [0.25, 0.3) is 16.0 Å². The minimum absolute atomic E-state index is 0. The Morgan fingerprint density at radius 2 is 1.27 bits per heavy atom. The Morgan fingerprint density at radius 1 is 0.733 bits per heavy atom. The third-order valence-corrected chi connectivity index (χ3v) is 2.33. The molecule has 0 amide bonds. The molecule has 1 heterocycles. The van der Waals surface area contributed by atoms with E-state index in [0.29, 0.717) is 0 Å². The van der Waals surface area contributed by atoms with Crippen molar-refractivity contribution in [3.05, 3.63) is 16.0 Å². The van der Waals surface area contributed by atoms with E-state index in [1.165, 1.54) is 0 Å². The van der Waals surface area contributed by atoms with Crippen LogP contribution in [0.1, 0.15) is 6.42 Å². The van der Waals surface area contributed by atoms with Crippen molar-refractivity contribution in [1.82, 2.24) is 4.90 Å². The van der Waals surface area contributed by atoms with Gasteiger partial charge in [0.05, 0.1) is 0 Å². The summed E-state index contributed by atoms with van der Waals surface area (Å²) >= 11 is 0. The van der Waals surface area contributed by atoms with Crippen LogP contribution in [0.3, 0.4) is 0 Å². The molecule has 1 fully saturated rings. The van der Waals surface area contributed by atoms with Gasteiger partial charge in [-0.25, -0.2) is 0 Å². The summed E-state index contributed by atoms with van der Waals surface area (Å²) in [6, 6.07) is 0. The number of nitrogens with zero attached hydrogens (tertiary/aromatic N) is 4. The van der Waals surface area contributed by atoms with Crippen LogP contribution in [0.5, 0.6) is 0 Å². The molecule has 1 aliphatic rings. The fourth-order valence-corrected chi connectivity index (χ4v) is 1.42. The molecule has 0 aromatic rings. The molecule has 15 heavy (non-hydrogen) atoms. The Hall–Kier alpha value is 0.359. The molecular formula is C10H21CuN4-3. The zero-order valence-corrected chi connectivity index (χ0v) is 10.4. The molecule has 1 aliphatic heterocycles. The quantitative estimate of drug-likeness (QED) is 0.608. The molecule has 0 aromatic carbocycles. The molecule has 0 saturated carbocycles. The predicted octanol–water partition coefficient (Wildman–Crippen LogP) is 1.44. The molecule has 0 unspecified atom stereocenters. The van der Waals surface area contributed by atoms with Crippen molar-refractivity contribution < 1.29 is 17.1 Å². The van der Waals surface area contributed by atoms with Gasteiger partial charge >= 0.3 is 0 Å². The zero-order chi connectivity index (χ0) is 10.1. The molecule has 95 valence electrons. The number of hydrogen-bond acceptors (Lipinski definition) is 1. The second-order valence-corrected chi connectivity index (χ2v) is 3.67. The summed E-state index contributed by atoms with van der Waals surface area (Å²) in [5.41, 5.74) is 0. The van der Waals surface area contributed by atoms with Crippen LogP contribution in [-0.4, -0.2) is 64.3 Å². The molecule has 0 bridgehead atoms. The van der Waals surface area contributed by atoms with E-state index in [1.807, 2.05) is 0 Å².